The van der Waals surface area contributed by atoms with Crippen molar-refractivity contribution in [2.75, 3.05) is 6.54 Å². The van der Waals surface area contributed by atoms with E-state index in [0.717, 1.165) is 11.9 Å². The van der Waals surface area contributed by atoms with E-state index in [0.29, 0.717) is 12.5 Å². The zero-order valence-electron chi connectivity index (χ0n) is 11.7. The van der Waals surface area contributed by atoms with Crippen LogP contribution < -0.4 is 5.73 Å². The van der Waals surface area contributed by atoms with Gasteiger partial charge in [0.1, 0.15) is 0 Å². The summed E-state index contributed by atoms with van der Waals surface area (Å²) in [7, 11) is 0. The number of hydrogen-bond acceptors (Lipinski definition) is 3. The number of rotatable bonds is 3. The van der Waals surface area contributed by atoms with Gasteiger partial charge in [-0.3, -0.25) is 0 Å². The second kappa shape index (κ2) is 4.98. The average molecular weight is 262 g/mol. The molecular weight excluding hydrogens is 240 g/mol. The first kappa shape index (κ1) is 13.5. The standard InChI is InChI=1S/C15H22N2S/c1-10-5-6-12-13(7-10)18-14(17-12)11(9-16)8-15(2,3)4/h5-7,11H,8-9,16H2,1-4H3. The van der Waals surface area contributed by atoms with Crippen molar-refractivity contribution < 1.29 is 0 Å². The van der Waals surface area contributed by atoms with Gasteiger partial charge >= 0.3 is 0 Å². The van der Waals surface area contributed by atoms with E-state index in [1.807, 2.05) is 0 Å². The molecule has 0 aliphatic carbocycles. The van der Waals surface area contributed by atoms with Crippen molar-refractivity contribution in [1.29, 1.82) is 0 Å². The van der Waals surface area contributed by atoms with E-state index >= 15 is 0 Å². The van der Waals surface area contributed by atoms with Crippen molar-refractivity contribution in [3.63, 3.8) is 0 Å². The van der Waals surface area contributed by atoms with Crippen LogP contribution in [-0.4, -0.2) is 11.5 Å². The van der Waals surface area contributed by atoms with E-state index in [-0.39, 0.29) is 5.41 Å². The molecule has 2 aromatic rings. The quantitative estimate of drug-likeness (QED) is 0.905. The van der Waals surface area contributed by atoms with Crippen molar-refractivity contribution in [2.24, 2.45) is 11.1 Å². The van der Waals surface area contributed by atoms with E-state index in [1.54, 1.807) is 11.3 Å². The number of benzene rings is 1. The summed E-state index contributed by atoms with van der Waals surface area (Å²) >= 11 is 1.79. The molecule has 1 heterocycles. The molecule has 2 N–H and O–H groups in total. The summed E-state index contributed by atoms with van der Waals surface area (Å²) in [6, 6.07) is 6.43. The number of hydrogen-bond donors (Lipinski definition) is 1. The van der Waals surface area contributed by atoms with Gasteiger partial charge in [-0.1, -0.05) is 26.8 Å². The second-order valence-corrected chi connectivity index (χ2v) is 7.28. The van der Waals surface area contributed by atoms with Crippen LogP contribution in [0.5, 0.6) is 0 Å². The number of nitrogens with zero attached hydrogens (tertiary/aromatic N) is 1. The normalized spacial score (nSPS) is 14.1. The maximum Gasteiger partial charge on any atom is 0.0982 e. The molecule has 0 aliphatic heterocycles. The van der Waals surface area contributed by atoms with Crippen LogP contribution >= 0.6 is 11.3 Å². The van der Waals surface area contributed by atoms with Crippen molar-refractivity contribution in [1.82, 2.24) is 4.98 Å². The highest BCUT2D eigenvalue weighted by molar-refractivity contribution is 7.18. The number of thiazole rings is 1. The maximum absolute atomic E-state index is 5.93. The average Bonchev–Trinajstić information content (AvgIpc) is 2.67. The lowest BCUT2D eigenvalue weighted by Crippen LogP contribution is -2.19. The summed E-state index contributed by atoms with van der Waals surface area (Å²) in [6.07, 6.45) is 1.09. The molecule has 0 spiro atoms. The van der Waals surface area contributed by atoms with Gasteiger partial charge in [-0.2, -0.15) is 0 Å². The Balaban J connectivity index is 2.34. The topological polar surface area (TPSA) is 38.9 Å². The lowest BCUT2D eigenvalue weighted by Gasteiger charge is -2.23. The molecule has 0 bridgehead atoms. The van der Waals surface area contributed by atoms with Crippen LogP contribution in [0.15, 0.2) is 18.2 Å². The zero-order valence-corrected chi connectivity index (χ0v) is 12.5. The molecule has 2 nitrogen and oxygen atoms in total. The first-order valence-corrected chi connectivity index (χ1v) is 7.28. The molecule has 1 atom stereocenters. The Hall–Kier alpha value is -0.930. The second-order valence-electron chi connectivity index (χ2n) is 6.22. The maximum atomic E-state index is 5.93. The molecule has 0 fully saturated rings. The van der Waals surface area contributed by atoms with Gasteiger partial charge in [0.2, 0.25) is 0 Å². The summed E-state index contributed by atoms with van der Waals surface area (Å²) in [5.41, 5.74) is 8.61. The Labute approximate surface area is 113 Å². The third-order valence-electron chi connectivity index (χ3n) is 3.05. The van der Waals surface area contributed by atoms with Gasteiger partial charge in [-0.15, -0.1) is 11.3 Å². The van der Waals surface area contributed by atoms with Gasteiger partial charge < -0.3 is 5.73 Å². The van der Waals surface area contributed by atoms with Gasteiger partial charge in [0.25, 0.3) is 0 Å². The van der Waals surface area contributed by atoms with E-state index in [4.69, 9.17) is 10.7 Å². The van der Waals surface area contributed by atoms with Gasteiger partial charge in [-0.05, 0) is 36.5 Å². The molecule has 2 rings (SSSR count). The molecule has 0 aliphatic rings. The van der Waals surface area contributed by atoms with Crippen LogP contribution in [0.3, 0.4) is 0 Å². The highest BCUT2D eigenvalue weighted by Crippen LogP contribution is 2.34. The lowest BCUT2D eigenvalue weighted by atomic mass is 9.85. The fourth-order valence-electron chi connectivity index (χ4n) is 2.23. The van der Waals surface area contributed by atoms with Crippen LogP contribution in [0.1, 0.15) is 43.7 Å². The molecule has 3 heteroatoms. The summed E-state index contributed by atoms with van der Waals surface area (Å²) in [6.45, 7) is 9.57. The SMILES string of the molecule is Cc1ccc2nc(C(CN)CC(C)(C)C)sc2c1. The van der Waals surface area contributed by atoms with Gasteiger partial charge in [0.15, 0.2) is 0 Å². The van der Waals surface area contributed by atoms with Crippen LogP contribution in [0.25, 0.3) is 10.2 Å². The van der Waals surface area contributed by atoms with Crippen LogP contribution in [-0.2, 0) is 0 Å². The lowest BCUT2D eigenvalue weighted by molar-refractivity contribution is 0.341. The first-order chi connectivity index (χ1) is 8.39. The smallest absolute Gasteiger partial charge is 0.0982 e. The molecule has 0 radical (unpaired) electrons. The molecule has 0 saturated heterocycles. The zero-order chi connectivity index (χ0) is 13.3. The Morgan fingerprint density at radius 1 is 1.33 bits per heavy atom. The molecule has 18 heavy (non-hydrogen) atoms. The molecule has 1 aromatic carbocycles. The Kier molecular flexibility index (Phi) is 3.74. The van der Waals surface area contributed by atoms with Crippen molar-refractivity contribution in [3.05, 3.63) is 28.8 Å². The van der Waals surface area contributed by atoms with Crippen LogP contribution in [0, 0.1) is 12.3 Å². The van der Waals surface area contributed by atoms with E-state index in [9.17, 15) is 0 Å². The third kappa shape index (κ3) is 3.09. The fourth-order valence-corrected chi connectivity index (χ4v) is 3.41. The fraction of sp³-hybridized carbons (Fsp3) is 0.533. The number of aryl methyl sites for hydroxylation is 1. The minimum absolute atomic E-state index is 0.289. The summed E-state index contributed by atoms with van der Waals surface area (Å²) in [5.74, 6) is 0.378. The van der Waals surface area contributed by atoms with Crippen molar-refractivity contribution in [2.45, 2.75) is 40.0 Å². The van der Waals surface area contributed by atoms with E-state index in [2.05, 4.69) is 45.9 Å². The highest BCUT2D eigenvalue weighted by Gasteiger charge is 2.22. The number of nitrogens with two attached hydrogens (primary N) is 1. The molecular formula is C15H22N2S. The Morgan fingerprint density at radius 2 is 2.06 bits per heavy atom. The highest BCUT2D eigenvalue weighted by atomic mass is 32.1. The molecule has 0 amide bonds. The van der Waals surface area contributed by atoms with Gasteiger partial charge in [0, 0.05) is 12.5 Å². The minimum atomic E-state index is 0.289. The monoisotopic (exact) mass is 262 g/mol. The first-order valence-electron chi connectivity index (χ1n) is 6.46. The number of fused-ring (bicyclic) bond motifs is 1. The predicted molar refractivity (Wildman–Crippen MR) is 80.2 cm³/mol. The van der Waals surface area contributed by atoms with Gasteiger partial charge in [-0.25, -0.2) is 4.98 Å². The van der Waals surface area contributed by atoms with Crippen molar-refractivity contribution >= 4 is 21.6 Å². The molecule has 1 unspecified atom stereocenters. The predicted octanol–water partition coefficient (Wildman–Crippen LogP) is 4.08. The van der Waals surface area contributed by atoms with E-state index < -0.39 is 0 Å². The summed E-state index contributed by atoms with van der Waals surface area (Å²) in [5, 5.41) is 1.19. The molecule has 0 saturated carbocycles. The molecule has 1 aromatic heterocycles. The Morgan fingerprint density at radius 3 is 2.67 bits per heavy atom. The van der Waals surface area contributed by atoms with Crippen LogP contribution in [0.4, 0.5) is 0 Å². The largest absolute Gasteiger partial charge is 0.330 e. The minimum Gasteiger partial charge on any atom is -0.330 e. The molecule has 98 valence electrons. The third-order valence-corrected chi connectivity index (χ3v) is 4.23. The van der Waals surface area contributed by atoms with E-state index in [1.165, 1.54) is 15.3 Å². The van der Waals surface area contributed by atoms with Crippen LogP contribution in [0.2, 0.25) is 0 Å². The number of aromatic nitrogens is 1. The summed E-state index contributed by atoms with van der Waals surface area (Å²) < 4.78 is 1.28. The Bertz CT molecular complexity index is 537. The summed E-state index contributed by atoms with van der Waals surface area (Å²) in [4.78, 5) is 4.75. The van der Waals surface area contributed by atoms with Crippen molar-refractivity contribution in [3.8, 4) is 0 Å². The van der Waals surface area contributed by atoms with Gasteiger partial charge in [0.05, 0.1) is 15.2 Å².